The molecule has 1 atom stereocenters. The van der Waals surface area contributed by atoms with Gasteiger partial charge < -0.3 is 24.5 Å². The third kappa shape index (κ3) is 5.85. The quantitative estimate of drug-likeness (QED) is 0.477. The van der Waals surface area contributed by atoms with Crippen molar-refractivity contribution in [3.8, 4) is 11.5 Å². The molecule has 7 nitrogen and oxygen atoms in total. The standard InChI is InChI=1S/C21H28F2N4O3/c1-24-21(25-13-15-7-8-16(28-2)12-19(15)30-20(22)23)26-14-17(18-6-5-11-29-18)27-9-3-4-10-27/h5-8,11-12,17,20H,3-4,9-10,13-14H2,1-2H3,(H2,24,25,26). The molecular formula is C21H28F2N4O3. The molecular weight excluding hydrogens is 394 g/mol. The maximum absolute atomic E-state index is 12.8. The second kappa shape index (κ2) is 10.8. The van der Waals surface area contributed by atoms with E-state index in [1.54, 1.807) is 25.4 Å². The van der Waals surface area contributed by atoms with E-state index in [2.05, 4.69) is 25.3 Å². The summed E-state index contributed by atoms with van der Waals surface area (Å²) in [5, 5.41) is 6.46. The van der Waals surface area contributed by atoms with Gasteiger partial charge in [-0.3, -0.25) is 9.89 Å². The fourth-order valence-corrected chi connectivity index (χ4v) is 3.55. The van der Waals surface area contributed by atoms with E-state index in [0.29, 0.717) is 23.8 Å². The molecule has 2 heterocycles. The van der Waals surface area contributed by atoms with Crippen LogP contribution in [0.4, 0.5) is 8.78 Å². The minimum absolute atomic E-state index is 0.0674. The first-order chi connectivity index (χ1) is 14.6. The van der Waals surface area contributed by atoms with Gasteiger partial charge in [0.2, 0.25) is 0 Å². The van der Waals surface area contributed by atoms with Gasteiger partial charge in [-0.2, -0.15) is 8.78 Å². The number of likely N-dealkylation sites (tertiary alicyclic amines) is 1. The normalized spacial score (nSPS) is 16.0. The van der Waals surface area contributed by atoms with E-state index in [4.69, 9.17) is 9.15 Å². The zero-order chi connectivity index (χ0) is 21.3. The molecule has 0 radical (unpaired) electrons. The van der Waals surface area contributed by atoms with Gasteiger partial charge in [0, 0.05) is 31.8 Å². The number of alkyl halides is 2. The van der Waals surface area contributed by atoms with Crippen LogP contribution >= 0.6 is 0 Å². The maximum Gasteiger partial charge on any atom is 0.387 e. The molecule has 0 spiro atoms. The number of benzene rings is 1. The van der Waals surface area contributed by atoms with Crippen LogP contribution in [0, 0.1) is 0 Å². The van der Waals surface area contributed by atoms with Crippen LogP contribution in [0.25, 0.3) is 0 Å². The van der Waals surface area contributed by atoms with Gasteiger partial charge in [0.25, 0.3) is 0 Å². The second-order valence-corrected chi connectivity index (χ2v) is 6.93. The molecule has 0 bridgehead atoms. The number of halogens is 2. The smallest absolute Gasteiger partial charge is 0.387 e. The molecule has 1 aliphatic rings. The van der Waals surface area contributed by atoms with E-state index in [1.807, 2.05) is 12.1 Å². The number of nitrogens with one attached hydrogen (secondary N) is 2. The number of hydrogen-bond acceptors (Lipinski definition) is 5. The van der Waals surface area contributed by atoms with Crippen molar-refractivity contribution in [3.05, 3.63) is 47.9 Å². The number of aliphatic imine (C=N–C) groups is 1. The van der Waals surface area contributed by atoms with Gasteiger partial charge in [0.1, 0.15) is 17.3 Å². The molecule has 9 heteroatoms. The predicted molar refractivity (Wildman–Crippen MR) is 110 cm³/mol. The summed E-state index contributed by atoms with van der Waals surface area (Å²) in [6, 6.07) is 8.80. The zero-order valence-corrected chi connectivity index (χ0v) is 17.2. The molecule has 0 amide bonds. The molecule has 0 saturated carbocycles. The van der Waals surface area contributed by atoms with Crippen LogP contribution in [-0.4, -0.2) is 51.3 Å². The van der Waals surface area contributed by atoms with Crippen LogP contribution in [0.3, 0.4) is 0 Å². The van der Waals surface area contributed by atoms with Crippen LogP contribution in [-0.2, 0) is 6.54 Å². The molecule has 1 aromatic heterocycles. The van der Waals surface area contributed by atoms with Gasteiger partial charge in [-0.15, -0.1) is 0 Å². The summed E-state index contributed by atoms with van der Waals surface area (Å²) in [7, 11) is 3.14. The minimum atomic E-state index is -2.91. The van der Waals surface area contributed by atoms with E-state index < -0.39 is 6.61 Å². The summed E-state index contributed by atoms with van der Waals surface area (Å²) >= 11 is 0. The Balaban J connectivity index is 1.62. The Morgan fingerprint density at radius 1 is 1.23 bits per heavy atom. The first-order valence-corrected chi connectivity index (χ1v) is 9.94. The van der Waals surface area contributed by atoms with Crippen molar-refractivity contribution in [1.29, 1.82) is 0 Å². The number of rotatable bonds is 9. The van der Waals surface area contributed by atoms with Crippen molar-refractivity contribution in [1.82, 2.24) is 15.5 Å². The van der Waals surface area contributed by atoms with E-state index in [-0.39, 0.29) is 18.3 Å². The fourth-order valence-electron chi connectivity index (χ4n) is 3.55. The number of methoxy groups -OCH3 is 1. The highest BCUT2D eigenvalue weighted by Crippen LogP contribution is 2.27. The molecule has 1 aromatic carbocycles. The van der Waals surface area contributed by atoms with Crippen molar-refractivity contribution < 1.29 is 22.7 Å². The number of furan rings is 1. The molecule has 30 heavy (non-hydrogen) atoms. The van der Waals surface area contributed by atoms with E-state index in [0.717, 1.165) is 18.8 Å². The third-order valence-electron chi connectivity index (χ3n) is 5.08. The highest BCUT2D eigenvalue weighted by atomic mass is 19.3. The summed E-state index contributed by atoms with van der Waals surface area (Å²) in [6.45, 7) is 0.0121. The van der Waals surface area contributed by atoms with Crippen LogP contribution in [0.2, 0.25) is 0 Å². The van der Waals surface area contributed by atoms with Crippen molar-refractivity contribution in [2.24, 2.45) is 4.99 Å². The summed E-state index contributed by atoms with van der Waals surface area (Å²) in [6.07, 6.45) is 4.03. The largest absolute Gasteiger partial charge is 0.497 e. The summed E-state index contributed by atoms with van der Waals surface area (Å²) in [5.41, 5.74) is 0.571. The summed E-state index contributed by atoms with van der Waals surface area (Å²) in [5.74, 6) is 1.98. The van der Waals surface area contributed by atoms with Gasteiger partial charge in [0.15, 0.2) is 5.96 Å². The van der Waals surface area contributed by atoms with Gasteiger partial charge in [-0.1, -0.05) is 0 Å². The molecule has 1 unspecified atom stereocenters. The fraction of sp³-hybridized carbons (Fsp3) is 0.476. The Hall–Kier alpha value is -2.81. The SMILES string of the molecule is CN=C(NCc1ccc(OC)cc1OC(F)F)NCC(c1ccco1)N1CCCC1. The summed E-state index contributed by atoms with van der Waals surface area (Å²) in [4.78, 5) is 6.63. The van der Waals surface area contributed by atoms with Crippen LogP contribution in [0.15, 0.2) is 46.0 Å². The maximum atomic E-state index is 12.8. The Labute approximate surface area is 175 Å². The first kappa shape index (κ1) is 21.9. The second-order valence-electron chi connectivity index (χ2n) is 6.93. The van der Waals surface area contributed by atoms with E-state index in [9.17, 15) is 8.78 Å². The lowest BCUT2D eigenvalue weighted by atomic mass is 10.2. The number of hydrogen-bond donors (Lipinski definition) is 2. The molecule has 164 valence electrons. The molecule has 0 aliphatic carbocycles. The van der Waals surface area contributed by atoms with Crippen molar-refractivity contribution in [2.75, 3.05) is 33.8 Å². The van der Waals surface area contributed by atoms with Gasteiger partial charge >= 0.3 is 6.61 Å². The minimum Gasteiger partial charge on any atom is -0.497 e. The average molecular weight is 422 g/mol. The lowest BCUT2D eigenvalue weighted by molar-refractivity contribution is -0.0505. The molecule has 3 rings (SSSR count). The molecule has 2 N–H and O–H groups in total. The molecule has 1 saturated heterocycles. The van der Waals surface area contributed by atoms with Gasteiger partial charge in [-0.05, 0) is 50.2 Å². The number of nitrogens with zero attached hydrogens (tertiary/aromatic N) is 2. The van der Waals surface area contributed by atoms with Crippen LogP contribution in [0.1, 0.15) is 30.2 Å². The Kier molecular flexibility index (Phi) is 7.89. The van der Waals surface area contributed by atoms with Gasteiger partial charge in [-0.25, -0.2) is 0 Å². The van der Waals surface area contributed by atoms with Crippen LogP contribution < -0.4 is 20.1 Å². The Morgan fingerprint density at radius 3 is 2.67 bits per heavy atom. The number of guanidine groups is 1. The third-order valence-corrected chi connectivity index (χ3v) is 5.08. The lowest BCUT2D eigenvalue weighted by Crippen LogP contribution is -2.42. The summed E-state index contributed by atoms with van der Waals surface area (Å²) < 4.78 is 40.9. The highest BCUT2D eigenvalue weighted by molar-refractivity contribution is 5.79. The lowest BCUT2D eigenvalue weighted by Gasteiger charge is -2.26. The highest BCUT2D eigenvalue weighted by Gasteiger charge is 2.25. The van der Waals surface area contributed by atoms with Gasteiger partial charge in [0.05, 0.1) is 19.4 Å². The van der Waals surface area contributed by atoms with Crippen molar-refractivity contribution >= 4 is 5.96 Å². The van der Waals surface area contributed by atoms with Crippen LogP contribution in [0.5, 0.6) is 11.5 Å². The Bertz CT molecular complexity index is 809. The predicted octanol–water partition coefficient (Wildman–Crippen LogP) is 3.39. The molecule has 2 aromatic rings. The van der Waals surface area contributed by atoms with E-state index in [1.165, 1.54) is 26.0 Å². The van der Waals surface area contributed by atoms with Crippen molar-refractivity contribution in [2.45, 2.75) is 32.0 Å². The average Bonchev–Trinajstić information content (AvgIpc) is 3.45. The molecule has 1 aliphatic heterocycles. The number of ether oxygens (including phenoxy) is 2. The molecule has 1 fully saturated rings. The monoisotopic (exact) mass is 422 g/mol. The van der Waals surface area contributed by atoms with E-state index >= 15 is 0 Å². The van der Waals surface area contributed by atoms with Crippen molar-refractivity contribution in [3.63, 3.8) is 0 Å². The first-order valence-electron chi connectivity index (χ1n) is 9.94. The topological polar surface area (TPSA) is 71.3 Å². The zero-order valence-electron chi connectivity index (χ0n) is 17.2. The Morgan fingerprint density at radius 2 is 2.03 bits per heavy atom.